The van der Waals surface area contributed by atoms with Crippen LogP contribution in [0.5, 0.6) is 11.5 Å². The van der Waals surface area contributed by atoms with Crippen molar-refractivity contribution in [3.63, 3.8) is 0 Å². The number of aromatic hydroxyl groups is 1. The molecule has 2 aromatic heterocycles. The molecule has 2 fully saturated rings. The van der Waals surface area contributed by atoms with Gasteiger partial charge in [-0.05, 0) is 108 Å². The van der Waals surface area contributed by atoms with Crippen LogP contribution >= 0.6 is 0 Å². The molecule has 17 heteroatoms. The van der Waals surface area contributed by atoms with E-state index in [2.05, 4.69) is 58.5 Å². The molecule has 8 rings (SSSR count). The molecular weight excluding hydrogens is 917 g/mol. The third-order valence-electron chi connectivity index (χ3n) is 14.1. The Balaban J connectivity index is 1.11. The summed E-state index contributed by atoms with van der Waals surface area (Å²) in [6.45, 7) is 11.0. The molecule has 0 radical (unpaired) electrons. The minimum absolute atomic E-state index is 0.0260. The lowest BCUT2D eigenvalue weighted by molar-refractivity contribution is -0.155. The van der Waals surface area contributed by atoms with E-state index in [9.17, 15) is 29.1 Å². The molecule has 4 amide bonds. The second-order valence-corrected chi connectivity index (χ2v) is 20.5. The lowest BCUT2D eigenvalue weighted by atomic mass is 9.84. The number of aryl methyl sites for hydroxylation is 1. The minimum atomic E-state index is -1.20. The number of carbonyl (C=O) groups excluding carboxylic acids is 5. The van der Waals surface area contributed by atoms with Crippen molar-refractivity contribution in [1.29, 1.82) is 0 Å². The van der Waals surface area contributed by atoms with Gasteiger partial charge in [-0.3, -0.25) is 39.3 Å². The number of amides is 4. The third-order valence-corrected chi connectivity index (χ3v) is 14.1. The van der Waals surface area contributed by atoms with E-state index < -0.39 is 59.2 Å². The monoisotopic (exact) mass is 985 g/mol. The number of cyclic esters (lactones) is 1. The molecule has 382 valence electrons. The van der Waals surface area contributed by atoms with Gasteiger partial charge in [0, 0.05) is 75.0 Å². The molecule has 5 heterocycles. The highest BCUT2D eigenvalue weighted by atomic mass is 16.5. The van der Waals surface area contributed by atoms with Crippen LogP contribution in [-0.2, 0) is 59.4 Å². The maximum atomic E-state index is 14.8. The molecule has 6 bridgehead atoms. The lowest BCUT2D eigenvalue weighted by Gasteiger charge is -2.37. The number of esters is 1. The number of ether oxygens (including phenoxy) is 3. The summed E-state index contributed by atoms with van der Waals surface area (Å²) in [4.78, 5) is 78.0. The first-order valence-corrected chi connectivity index (χ1v) is 24.8. The van der Waals surface area contributed by atoms with E-state index in [1.165, 1.54) is 21.9 Å². The maximum Gasteiger partial charge on any atom is 0.324 e. The van der Waals surface area contributed by atoms with Crippen LogP contribution in [0.4, 0.5) is 0 Å². The Kier molecular flexibility index (Phi) is 15.4. The van der Waals surface area contributed by atoms with Gasteiger partial charge in [0.25, 0.3) is 5.91 Å². The smallest absolute Gasteiger partial charge is 0.324 e. The second-order valence-electron chi connectivity index (χ2n) is 20.5. The van der Waals surface area contributed by atoms with Gasteiger partial charge in [-0.2, -0.15) is 0 Å². The Morgan fingerprint density at radius 1 is 1.01 bits per heavy atom. The van der Waals surface area contributed by atoms with E-state index in [1.807, 2.05) is 62.5 Å². The molecule has 1 unspecified atom stereocenters. The second kappa shape index (κ2) is 21.5. The first kappa shape index (κ1) is 51.5. The molecule has 3 aliphatic rings. The number of hydrazine groups is 1. The van der Waals surface area contributed by atoms with Gasteiger partial charge in [0.15, 0.2) is 0 Å². The van der Waals surface area contributed by atoms with Crippen molar-refractivity contribution in [2.24, 2.45) is 11.3 Å². The first-order valence-electron chi connectivity index (χ1n) is 24.8. The quantitative estimate of drug-likeness (QED) is 0.0847. The standard InChI is InChI=1S/C55H68N8O9/c1-10-62-45-18-15-35-26-40(45)41(50(62)42-28-56-20-19-36(42)30-70-8)27-55(4,5)31-72-54(69)43-12-11-21-63(59-43)52(67)44(24-33-22-37(35)25-38(64)23-33)57-51(66)49(32(2)3)61(7)46(65)29-60(6)53(68)48-47(58-48)34-13-16-39(71-9)17-14-34/h13-20,22-23,25-26,28,32,43-44,47-49,58-59,64H,10-12,21,24,27,29-31H2,1-9H3,(H,57,66)/t43-,44-,47-,48+,49?/m0/s1. The van der Waals surface area contributed by atoms with Crippen LogP contribution in [-0.4, -0.2) is 131 Å². The number of rotatable bonds is 13. The van der Waals surface area contributed by atoms with Crippen LogP contribution in [0.1, 0.15) is 75.8 Å². The summed E-state index contributed by atoms with van der Waals surface area (Å²) in [6, 6.07) is 17.0. The number of benzene rings is 3. The van der Waals surface area contributed by atoms with Gasteiger partial charge >= 0.3 is 5.97 Å². The van der Waals surface area contributed by atoms with Crippen LogP contribution in [0.25, 0.3) is 33.3 Å². The summed E-state index contributed by atoms with van der Waals surface area (Å²) in [5.74, 6) is -2.03. The number of phenolic OH excluding ortho intramolecular Hbond substituents is 1. The van der Waals surface area contributed by atoms with Crippen molar-refractivity contribution in [3.05, 3.63) is 101 Å². The molecule has 2 saturated heterocycles. The molecule has 72 heavy (non-hydrogen) atoms. The van der Waals surface area contributed by atoms with Crippen LogP contribution in [0.2, 0.25) is 0 Å². The SMILES string of the molecule is CCn1c(-c2cnccc2COC)c2c3cc(ccc31)-c1cc(O)cc(c1)C[C@H](NC(=O)C(C(C)C)N(C)C(=O)CN(C)C(=O)[C@@H]1N[C@H]1c1ccc(OC)cc1)C(=O)N1CCC[C@H](N1)C(=O)OCC(C)(C)C2. The topological polar surface area (TPSA) is 207 Å². The number of nitrogens with one attached hydrogen (secondary N) is 3. The summed E-state index contributed by atoms with van der Waals surface area (Å²) in [6.07, 6.45) is 5.05. The number of carbonyl (C=O) groups is 5. The van der Waals surface area contributed by atoms with E-state index in [0.29, 0.717) is 49.3 Å². The Morgan fingerprint density at radius 2 is 1.78 bits per heavy atom. The molecule has 3 aromatic carbocycles. The van der Waals surface area contributed by atoms with Gasteiger partial charge in [-0.25, -0.2) is 5.43 Å². The van der Waals surface area contributed by atoms with Crippen LogP contribution in [0.3, 0.4) is 0 Å². The number of likely N-dealkylation sites (N-methyl/N-ethyl adjacent to an activating group) is 2. The van der Waals surface area contributed by atoms with E-state index in [4.69, 9.17) is 14.2 Å². The van der Waals surface area contributed by atoms with Crippen LogP contribution in [0, 0.1) is 11.3 Å². The number of hydrogen-bond donors (Lipinski definition) is 4. The zero-order valence-electron chi connectivity index (χ0n) is 42.8. The number of fused-ring (bicyclic) bond motifs is 6. The Labute approximate surface area is 421 Å². The van der Waals surface area contributed by atoms with E-state index in [1.54, 1.807) is 39.6 Å². The Morgan fingerprint density at radius 3 is 2.49 bits per heavy atom. The van der Waals surface area contributed by atoms with Crippen molar-refractivity contribution in [1.82, 2.24) is 40.4 Å². The predicted octanol–water partition coefficient (Wildman–Crippen LogP) is 5.55. The van der Waals surface area contributed by atoms with Crippen LogP contribution < -0.4 is 20.8 Å². The number of phenols is 1. The summed E-state index contributed by atoms with van der Waals surface area (Å²) in [5.41, 5.74) is 10.5. The Bertz CT molecular complexity index is 2840. The average Bonchev–Trinajstić information content (AvgIpc) is 4.11. The van der Waals surface area contributed by atoms with E-state index in [-0.39, 0.29) is 43.8 Å². The number of hydrogen-bond acceptors (Lipinski definition) is 12. The van der Waals surface area contributed by atoms with Crippen molar-refractivity contribution < 1.29 is 43.3 Å². The molecule has 5 atom stereocenters. The summed E-state index contributed by atoms with van der Waals surface area (Å²) in [7, 11) is 6.33. The maximum absolute atomic E-state index is 14.8. The van der Waals surface area contributed by atoms with Crippen molar-refractivity contribution in [2.45, 2.75) is 104 Å². The molecule has 17 nitrogen and oxygen atoms in total. The van der Waals surface area contributed by atoms with Gasteiger partial charge in [0.05, 0.1) is 38.6 Å². The van der Waals surface area contributed by atoms with Crippen molar-refractivity contribution in [2.75, 3.05) is 48.0 Å². The van der Waals surface area contributed by atoms with E-state index in [0.717, 1.165) is 44.4 Å². The molecule has 0 saturated carbocycles. The Hall–Kier alpha value is -6.82. The number of pyridine rings is 1. The summed E-state index contributed by atoms with van der Waals surface area (Å²) in [5, 5.41) is 19.9. The number of nitrogens with zero attached hydrogens (tertiary/aromatic N) is 5. The zero-order valence-corrected chi connectivity index (χ0v) is 42.8. The molecular formula is C55H68N8O9. The third kappa shape index (κ3) is 11.0. The predicted molar refractivity (Wildman–Crippen MR) is 272 cm³/mol. The van der Waals surface area contributed by atoms with Gasteiger partial charge in [0.1, 0.15) is 35.7 Å². The molecule has 4 N–H and O–H groups in total. The lowest BCUT2D eigenvalue weighted by Crippen LogP contribution is -2.62. The normalized spacial score (nSPS) is 20.3. The largest absolute Gasteiger partial charge is 0.508 e. The molecule has 0 spiro atoms. The summed E-state index contributed by atoms with van der Waals surface area (Å²) >= 11 is 0. The highest BCUT2D eigenvalue weighted by Gasteiger charge is 2.45. The van der Waals surface area contributed by atoms with Gasteiger partial charge < -0.3 is 39.0 Å². The summed E-state index contributed by atoms with van der Waals surface area (Å²) < 4.78 is 19.3. The average molecular weight is 985 g/mol. The first-order chi connectivity index (χ1) is 34.4. The van der Waals surface area contributed by atoms with E-state index >= 15 is 0 Å². The van der Waals surface area contributed by atoms with Crippen molar-refractivity contribution in [3.8, 4) is 33.9 Å². The van der Waals surface area contributed by atoms with Gasteiger partial charge in [-0.1, -0.05) is 52.0 Å². The highest BCUT2D eigenvalue weighted by molar-refractivity contribution is 5.96. The molecule has 3 aliphatic heterocycles. The zero-order chi connectivity index (χ0) is 51.6. The highest BCUT2D eigenvalue weighted by Crippen LogP contribution is 2.41. The fourth-order valence-corrected chi connectivity index (χ4v) is 10.4. The van der Waals surface area contributed by atoms with Crippen molar-refractivity contribution >= 4 is 40.5 Å². The number of methoxy groups -OCH3 is 2. The fraction of sp³-hybridized carbons (Fsp3) is 0.455. The number of aromatic nitrogens is 2. The van der Waals surface area contributed by atoms with Gasteiger partial charge in [-0.15, -0.1) is 0 Å². The van der Waals surface area contributed by atoms with Gasteiger partial charge in [0.2, 0.25) is 17.7 Å². The van der Waals surface area contributed by atoms with Crippen LogP contribution in [0.15, 0.2) is 79.1 Å². The molecule has 0 aliphatic carbocycles. The fourth-order valence-electron chi connectivity index (χ4n) is 10.4. The molecule has 5 aromatic rings. The minimum Gasteiger partial charge on any atom is -0.508 e.